The number of ether oxygens (including phenoxy) is 2. The van der Waals surface area contributed by atoms with Crippen molar-refractivity contribution in [2.75, 3.05) is 26.8 Å². The molecule has 2 fully saturated rings. The predicted octanol–water partition coefficient (Wildman–Crippen LogP) is 0.540. The smallest absolute Gasteiger partial charge is 0.188 e. The lowest BCUT2D eigenvalue weighted by molar-refractivity contribution is -0.145. The van der Waals surface area contributed by atoms with E-state index in [9.17, 15) is 0 Å². The van der Waals surface area contributed by atoms with Crippen molar-refractivity contribution in [3.63, 3.8) is 0 Å². The summed E-state index contributed by atoms with van der Waals surface area (Å²) in [5.41, 5.74) is 5.41. The fourth-order valence-corrected chi connectivity index (χ4v) is 2.77. The molecule has 5 nitrogen and oxygen atoms in total. The first kappa shape index (κ1) is 11.7. The zero-order valence-electron chi connectivity index (χ0n) is 9.87. The number of piperidine rings is 1. The zero-order chi connectivity index (χ0) is 11.6. The summed E-state index contributed by atoms with van der Waals surface area (Å²) in [4.78, 5) is 1.90. The Morgan fingerprint density at radius 1 is 1.62 bits per heavy atom. The van der Waals surface area contributed by atoms with Gasteiger partial charge in [-0.25, -0.2) is 0 Å². The van der Waals surface area contributed by atoms with Gasteiger partial charge in [0.1, 0.15) is 0 Å². The van der Waals surface area contributed by atoms with Gasteiger partial charge in [-0.1, -0.05) is 0 Å². The van der Waals surface area contributed by atoms with Gasteiger partial charge in [0.05, 0.1) is 11.7 Å². The van der Waals surface area contributed by atoms with Gasteiger partial charge in [0.15, 0.2) is 5.96 Å². The maximum absolute atomic E-state index is 7.50. The number of methoxy groups -OCH3 is 1. The van der Waals surface area contributed by atoms with Crippen LogP contribution < -0.4 is 5.73 Å². The summed E-state index contributed by atoms with van der Waals surface area (Å²) in [6.07, 6.45) is 4.28. The van der Waals surface area contributed by atoms with Crippen LogP contribution in [0, 0.1) is 5.41 Å². The number of rotatable bonds is 1. The van der Waals surface area contributed by atoms with E-state index in [1.165, 1.54) is 0 Å². The third-order valence-corrected chi connectivity index (χ3v) is 3.66. The van der Waals surface area contributed by atoms with E-state index in [-0.39, 0.29) is 11.6 Å². The van der Waals surface area contributed by atoms with E-state index in [4.69, 9.17) is 20.6 Å². The Kier molecular flexibility index (Phi) is 3.35. The van der Waals surface area contributed by atoms with Gasteiger partial charge < -0.3 is 20.1 Å². The molecule has 16 heavy (non-hydrogen) atoms. The topological polar surface area (TPSA) is 71.6 Å². The number of nitrogens with two attached hydrogens (primary N) is 1. The van der Waals surface area contributed by atoms with Gasteiger partial charge in [-0.15, -0.1) is 0 Å². The van der Waals surface area contributed by atoms with Gasteiger partial charge in [-0.05, 0) is 19.3 Å². The summed E-state index contributed by atoms with van der Waals surface area (Å²) in [5, 5.41) is 7.50. The maximum Gasteiger partial charge on any atom is 0.188 e. The van der Waals surface area contributed by atoms with Crippen LogP contribution in [-0.2, 0) is 9.47 Å². The normalized spacial score (nSPS) is 35.3. The zero-order valence-corrected chi connectivity index (χ0v) is 9.87. The van der Waals surface area contributed by atoms with Crippen LogP contribution in [-0.4, -0.2) is 49.4 Å². The van der Waals surface area contributed by atoms with Crippen molar-refractivity contribution in [2.24, 2.45) is 5.73 Å². The first-order valence-corrected chi connectivity index (χ1v) is 5.91. The third-order valence-electron chi connectivity index (χ3n) is 3.66. The van der Waals surface area contributed by atoms with Crippen LogP contribution >= 0.6 is 0 Å². The molecule has 5 heteroatoms. The van der Waals surface area contributed by atoms with Crippen molar-refractivity contribution < 1.29 is 9.47 Å². The molecule has 0 aromatic heterocycles. The highest BCUT2D eigenvalue weighted by molar-refractivity contribution is 5.74. The number of nitrogens with one attached hydrogen (secondary N) is 1. The first-order chi connectivity index (χ1) is 7.65. The summed E-state index contributed by atoms with van der Waals surface area (Å²) in [7, 11) is 1.76. The molecular formula is C11H21N3O2. The highest BCUT2D eigenvalue weighted by Gasteiger charge is 2.41. The van der Waals surface area contributed by atoms with E-state index < -0.39 is 0 Å². The predicted molar refractivity (Wildman–Crippen MR) is 61.4 cm³/mol. The minimum Gasteiger partial charge on any atom is -0.381 e. The molecule has 0 amide bonds. The Morgan fingerprint density at radius 3 is 3.12 bits per heavy atom. The summed E-state index contributed by atoms with van der Waals surface area (Å²) in [5.74, 6) is 0.155. The maximum atomic E-state index is 7.50. The molecule has 0 unspecified atom stereocenters. The van der Waals surface area contributed by atoms with Crippen molar-refractivity contribution in [2.45, 2.75) is 37.4 Å². The molecule has 92 valence electrons. The van der Waals surface area contributed by atoms with Crippen molar-refractivity contribution in [1.82, 2.24) is 4.90 Å². The van der Waals surface area contributed by atoms with Crippen LogP contribution in [0.1, 0.15) is 25.7 Å². The van der Waals surface area contributed by atoms with Crippen molar-refractivity contribution in [1.29, 1.82) is 5.41 Å². The molecule has 0 saturated carbocycles. The second-order valence-corrected chi connectivity index (χ2v) is 4.79. The van der Waals surface area contributed by atoms with E-state index in [0.29, 0.717) is 6.10 Å². The Hall–Kier alpha value is -0.810. The molecule has 2 atom stereocenters. The van der Waals surface area contributed by atoms with Gasteiger partial charge in [0.2, 0.25) is 0 Å². The van der Waals surface area contributed by atoms with Crippen molar-refractivity contribution >= 4 is 5.96 Å². The summed E-state index contributed by atoms with van der Waals surface area (Å²) in [6, 6.07) is 0. The van der Waals surface area contributed by atoms with Crippen molar-refractivity contribution in [3.8, 4) is 0 Å². The lowest BCUT2D eigenvalue weighted by atomic mass is 9.84. The average molecular weight is 227 g/mol. The van der Waals surface area contributed by atoms with Crippen LogP contribution in [0.5, 0.6) is 0 Å². The molecule has 0 aromatic rings. The van der Waals surface area contributed by atoms with Crippen LogP contribution in [0.4, 0.5) is 0 Å². The third kappa shape index (κ3) is 2.30. The molecule has 2 aliphatic rings. The van der Waals surface area contributed by atoms with E-state index in [2.05, 4.69) is 0 Å². The molecular weight excluding hydrogens is 206 g/mol. The quantitative estimate of drug-likeness (QED) is 0.506. The Balaban J connectivity index is 2.03. The van der Waals surface area contributed by atoms with E-state index in [1.807, 2.05) is 4.90 Å². The van der Waals surface area contributed by atoms with E-state index in [1.54, 1.807) is 7.11 Å². The molecule has 0 aromatic carbocycles. The lowest BCUT2D eigenvalue weighted by Gasteiger charge is -2.46. The Labute approximate surface area is 96.4 Å². The van der Waals surface area contributed by atoms with Crippen LogP contribution in [0.25, 0.3) is 0 Å². The molecule has 2 saturated heterocycles. The minimum atomic E-state index is -0.136. The molecule has 3 N–H and O–H groups in total. The highest BCUT2D eigenvalue weighted by Crippen LogP contribution is 2.34. The Bertz CT molecular complexity index is 268. The summed E-state index contributed by atoms with van der Waals surface area (Å²) < 4.78 is 11.4. The fraction of sp³-hybridized carbons (Fsp3) is 0.909. The van der Waals surface area contributed by atoms with Gasteiger partial charge in [0.25, 0.3) is 0 Å². The Morgan fingerprint density at radius 2 is 2.44 bits per heavy atom. The molecule has 0 radical (unpaired) electrons. The highest BCUT2D eigenvalue weighted by atomic mass is 16.5. The molecule has 2 aliphatic heterocycles. The number of nitrogens with zero attached hydrogens (tertiary/aromatic N) is 1. The van der Waals surface area contributed by atoms with Gasteiger partial charge in [0, 0.05) is 33.2 Å². The average Bonchev–Trinajstić information content (AvgIpc) is 2.29. The number of guanidine groups is 1. The monoisotopic (exact) mass is 227 g/mol. The molecule has 2 rings (SSSR count). The van der Waals surface area contributed by atoms with Gasteiger partial charge >= 0.3 is 0 Å². The fourth-order valence-electron chi connectivity index (χ4n) is 2.77. The first-order valence-electron chi connectivity index (χ1n) is 5.91. The molecule has 0 aliphatic carbocycles. The van der Waals surface area contributed by atoms with E-state index >= 15 is 0 Å². The lowest BCUT2D eigenvalue weighted by Crippen LogP contribution is -2.56. The standard InChI is InChI=1S/C11H21N3O2/c1-15-9-3-6-16-11(7-9)4-2-5-14(8-11)10(12)13/h9H,2-8H2,1H3,(H3,12,13)/t9-,11+/m0/s1. The second kappa shape index (κ2) is 4.59. The van der Waals surface area contributed by atoms with E-state index in [0.717, 1.165) is 45.4 Å². The van der Waals surface area contributed by atoms with Crippen LogP contribution in [0.15, 0.2) is 0 Å². The van der Waals surface area contributed by atoms with Gasteiger partial charge in [-0.3, -0.25) is 5.41 Å². The summed E-state index contributed by atoms with van der Waals surface area (Å²) >= 11 is 0. The molecule has 0 bridgehead atoms. The number of hydrogen-bond donors (Lipinski definition) is 2. The number of likely N-dealkylation sites (tertiary alicyclic amines) is 1. The van der Waals surface area contributed by atoms with Crippen LogP contribution in [0.2, 0.25) is 0 Å². The minimum absolute atomic E-state index is 0.136. The summed E-state index contributed by atoms with van der Waals surface area (Å²) in [6.45, 7) is 2.37. The number of hydrogen-bond acceptors (Lipinski definition) is 3. The van der Waals surface area contributed by atoms with Crippen LogP contribution in [0.3, 0.4) is 0 Å². The molecule has 1 spiro atoms. The largest absolute Gasteiger partial charge is 0.381 e. The second-order valence-electron chi connectivity index (χ2n) is 4.79. The SMILES string of the molecule is CO[C@H]1CCO[C@]2(CCCN(C(=N)N)C2)C1. The van der Waals surface area contributed by atoms with Gasteiger partial charge in [-0.2, -0.15) is 0 Å². The van der Waals surface area contributed by atoms with Crippen molar-refractivity contribution in [3.05, 3.63) is 0 Å². The molecule has 2 heterocycles.